The molecule has 1 heterocycles. The molecule has 0 unspecified atom stereocenters. The molecule has 0 radical (unpaired) electrons. The van der Waals surface area contributed by atoms with Crippen LogP contribution in [0.4, 0.5) is 5.82 Å². The average molecular weight is 508 g/mol. The van der Waals surface area contributed by atoms with Crippen LogP contribution in [0.5, 0.6) is 0 Å². The van der Waals surface area contributed by atoms with E-state index in [1.807, 2.05) is 18.2 Å². The first-order valence-corrected chi connectivity index (χ1v) is 11.4. The van der Waals surface area contributed by atoms with Crippen LogP contribution in [0, 0.1) is 0 Å². The zero-order valence-electron chi connectivity index (χ0n) is 19.3. The van der Waals surface area contributed by atoms with Crippen LogP contribution in [0.25, 0.3) is 0 Å². The van der Waals surface area contributed by atoms with Crippen LogP contribution in [0.1, 0.15) is 48.5 Å². The van der Waals surface area contributed by atoms with E-state index in [9.17, 15) is 14.4 Å². The van der Waals surface area contributed by atoms with Crippen LogP contribution < -0.4 is 16.4 Å². The van der Waals surface area contributed by atoms with Crippen LogP contribution in [-0.4, -0.2) is 53.8 Å². The molecule has 1 aromatic carbocycles. The number of benzene rings is 1. The number of amides is 3. The number of hydrogen-bond acceptors (Lipinski definition) is 5. The Bertz CT molecular complexity index is 1010. The summed E-state index contributed by atoms with van der Waals surface area (Å²) in [4.78, 5) is 42.5. The predicted molar refractivity (Wildman–Crippen MR) is 135 cm³/mol. The Kier molecular flexibility index (Phi) is 9.85. The lowest BCUT2D eigenvalue weighted by molar-refractivity contribution is -0.122. The molecule has 0 saturated heterocycles. The van der Waals surface area contributed by atoms with Gasteiger partial charge in [-0.15, -0.1) is 12.4 Å². The molecule has 0 atom stereocenters. The van der Waals surface area contributed by atoms with E-state index in [-0.39, 0.29) is 48.1 Å². The van der Waals surface area contributed by atoms with E-state index in [4.69, 9.17) is 17.3 Å². The van der Waals surface area contributed by atoms with E-state index in [2.05, 4.69) is 21.7 Å². The quantitative estimate of drug-likeness (QED) is 0.531. The highest BCUT2D eigenvalue weighted by Gasteiger charge is 2.39. The van der Waals surface area contributed by atoms with Crippen molar-refractivity contribution >= 4 is 47.5 Å². The van der Waals surface area contributed by atoms with Gasteiger partial charge in [0.15, 0.2) is 0 Å². The zero-order valence-corrected chi connectivity index (χ0v) is 20.9. The summed E-state index contributed by atoms with van der Waals surface area (Å²) in [5.41, 5.74) is 7.48. The molecule has 2 aromatic rings. The molecule has 1 fully saturated rings. The molecule has 1 aliphatic rings. The van der Waals surface area contributed by atoms with Crippen LogP contribution in [0.2, 0.25) is 5.02 Å². The Morgan fingerprint density at radius 1 is 1.21 bits per heavy atom. The molecule has 4 N–H and O–H groups in total. The van der Waals surface area contributed by atoms with Gasteiger partial charge in [-0.25, -0.2) is 4.98 Å². The van der Waals surface area contributed by atoms with E-state index in [0.29, 0.717) is 35.8 Å². The molecule has 8 nitrogen and oxygen atoms in total. The maximum absolute atomic E-state index is 13.4. The minimum atomic E-state index is -0.270. The summed E-state index contributed by atoms with van der Waals surface area (Å²) in [5, 5.41) is 5.86. The third-order valence-electron chi connectivity index (χ3n) is 6.35. The van der Waals surface area contributed by atoms with Gasteiger partial charge in [0.05, 0.1) is 5.56 Å². The molecular weight excluding hydrogens is 477 g/mol. The number of halogens is 2. The third kappa shape index (κ3) is 6.46. The fraction of sp³-hybridized carbons (Fsp3) is 0.417. The summed E-state index contributed by atoms with van der Waals surface area (Å²) in [7, 11) is 1.55. The Balaban J connectivity index is 0.00000408. The third-order valence-corrected chi connectivity index (χ3v) is 6.58. The van der Waals surface area contributed by atoms with E-state index in [0.717, 1.165) is 18.4 Å². The second-order valence-corrected chi connectivity index (χ2v) is 8.88. The van der Waals surface area contributed by atoms with Gasteiger partial charge >= 0.3 is 0 Å². The van der Waals surface area contributed by atoms with Crippen molar-refractivity contribution in [2.24, 2.45) is 5.73 Å². The van der Waals surface area contributed by atoms with Crippen LogP contribution in [0.3, 0.4) is 0 Å². The van der Waals surface area contributed by atoms with Gasteiger partial charge in [0.25, 0.3) is 5.91 Å². The normalized spacial score (nSPS) is 19.5. The number of pyridine rings is 1. The van der Waals surface area contributed by atoms with E-state index >= 15 is 0 Å². The summed E-state index contributed by atoms with van der Waals surface area (Å²) in [6.45, 7) is 1.83. The van der Waals surface area contributed by atoms with Crippen molar-refractivity contribution in [1.29, 1.82) is 0 Å². The van der Waals surface area contributed by atoms with E-state index in [1.54, 1.807) is 24.1 Å². The fourth-order valence-electron chi connectivity index (χ4n) is 4.44. The molecule has 3 amide bonds. The highest BCUT2D eigenvalue weighted by molar-refractivity contribution is 6.30. The number of carbonyl (C=O) groups is 3. The van der Waals surface area contributed by atoms with Gasteiger partial charge in [0.2, 0.25) is 11.8 Å². The first kappa shape index (κ1) is 27.6. The highest BCUT2D eigenvalue weighted by Crippen LogP contribution is 2.41. The van der Waals surface area contributed by atoms with E-state index < -0.39 is 0 Å². The molecule has 1 aliphatic carbocycles. The first-order chi connectivity index (χ1) is 15.8. The molecule has 34 heavy (non-hydrogen) atoms. The molecule has 3 rings (SSSR count). The number of nitrogens with two attached hydrogens (primary N) is 1. The van der Waals surface area contributed by atoms with Crippen molar-refractivity contribution in [3.8, 4) is 0 Å². The van der Waals surface area contributed by atoms with Crippen molar-refractivity contribution in [3.63, 3.8) is 0 Å². The van der Waals surface area contributed by atoms with Gasteiger partial charge in [0.1, 0.15) is 12.4 Å². The van der Waals surface area contributed by atoms with Gasteiger partial charge in [-0.2, -0.15) is 0 Å². The largest absolute Gasteiger partial charge is 0.358 e. The minimum absolute atomic E-state index is 0. The fourth-order valence-corrected chi connectivity index (χ4v) is 4.63. The number of carbonyl (C=O) groups excluding carboxylic acids is 3. The second-order valence-electron chi connectivity index (χ2n) is 8.45. The van der Waals surface area contributed by atoms with Crippen molar-refractivity contribution < 1.29 is 14.4 Å². The zero-order chi connectivity index (χ0) is 24.0. The molecule has 0 bridgehead atoms. The summed E-state index contributed by atoms with van der Waals surface area (Å²) >= 11 is 6.22. The molecule has 1 saturated carbocycles. The van der Waals surface area contributed by atoms with Crippen LogP contribution in [0.15, 0.2) is 42.6 Å². The van der Waals surface area contributed by atoms with Crippen molar-refractivity contribution in [1.82, 2.24) is 15.2 Å². The smallest absolute Gasteiger partial charge is 0.256 e. The minimum Gasteiger partial charge on any atom is -0.358 e. The first-order valence-electron chi connectivity index (χ1n) is 11.0. The second kappa shape index (κ2) is 12.1. The molecule has 10 heteroatoms. The molecule has 0 aliphatic heterocycles. The Morgan fingerprint density at radius 3 is 2.44 bits per heavy atom. The number of aromatic nitrogens is 1. The molecule has 1 aromatic heterocycles. The lowest BCUT2D eigenvalue weighted by atomic mass is 9.68. The molecule has 184 valence electrons. The van der Waals surface area contributed by atoms with Gasteiger partial charge in [-0.1, -0.05) is 23.7 Å². The average Bonchev–Trinajstić information content (AvgIpc) is 2.82. The number of rotatable bonds is 7. The number of nitrogens with one attached hydrogen (secondary N) is 2. The monoisotopic (exact) mass is 507 g/mol. The lowest BCUT2D eigenvalue weighted by Crippen LogP contribution is -2.50. The van der Waals surface area contributed by atoms with E-state index in [1.165, 1.54) is 13.1 Å². The van der Waals surface area contributed by atoms with Crippen molar-refractivity contribution in [2.75, 3.05) is 25.5 Å². The number of nitrogens with zero attached hydrogens (tertiary/aromatic N) is 2. The number of anilines is 1. The lowest BCUT2D eigenvalue weighted by Gasteiger charge is -2.43. The summed E-state index contributed by atoms with van der Waals surface area (Å²) in [5.74, 6) is -0.387. The Hall–Kier alpha value is -2.68. The topological polar surface area (TPSA) is 117 Å². The summed E-state index contributed by atoms with van der Waals surface area (Å²) in [6, 6.07) is 10.9. The summed E-state index contributed by atoms with van der Waals surface area (Å²) < 4.78 is 0. The number of likely N-dealkylation sites (N-methyl/N-ethyl adjacent to an activating group) is 1. The number of hydrogen-bond donors (Lipinski definition) is 3. The summed E-state index contributed by atoms with van der Waals surface area (Å²) in [6.07, 6.45) is 4.41. The highest BCUT2D eigenvalue weighted by atomic mass is 35.5. The van der Waals surface area contributed by atoms with Crippen LogP contribution >= 0.6 is 24.0 Å². The van der Waals surface area contributed by atoms with Gasteiger partial charge in [-0.05, 0) is 55.5 Å². The Morgan fingerprint density at radius 2 is 1.91 bits per heavy atom. The molecular formula is C24H31Cl2N5O3. The maximum Gasteiger partial charge on any atom is 0.256 e. The standard InChI is InChI=1S/C24H30ClN5O3.ClH/c1-16(31)29-21-7-6-17(13-28-21)23(33)30(14-22(32)27-2)20-8-10-24(15-26,11-9-20)18-4-3-5-19(25)12-18;/h3-7,12-13,20H,8-11,14-15,26H2,1-2H3,(H,27,32)(H,28,29,31);1H. The van der Waals surface area contributed by atoms with Crippen LogP contribution in [-0.2, 0) is 15.0 Å². The van der Waals surface area contributed by atoms with Gasteiger partial charge < -0.3 is 21.3 Å². The SMILES string of the molecule is CNC(=O)CN(C(=O)c1ccc(NC(C)=O)nc1)C1CCC(CN)(c2cccc(Cl)c2)CC1.Cl. The maximum atomic E-state index is 13.4. The van der Waals surface area contributed by atoms with Crippen molar-refractivity contribution in [3.05, 3.63) is 58.7 Å². The molecule has 0 spiro atoms. The predicted octanol–water partition coefficient (Wildman–Crippen LogP) is 3.14. The Labute approximate surface area is 211 Å². The van der Waals surface area contributed by atoms with Gasteiger partial charge in [-0.3, -0.25) is 14.4 Å². The van der Waals surface area contributed by atoms with Gasteiger partial charge in [0, 0.05) is 43.2 Å². The van der Waals surface area contributed by atoms with Crippen molar-refractivity contribution in [2.45, 2.75) is 44.1 Å².